The van der Waals surface area contributed by atoms with Crippen LogP contribution in [0.1, 0.15) is 13.3 Å². The molecule has 0 spiro atoms. The fourth-order valence-electron chi connectivity index (χ4n) is 2.66. The molecule has 1 heterocycles. The number of hydrogen-bond donors (Lipinski definition) is 1. The highest BCUT2D eigenvalue weighted by atomic mass is 16.5. The Morgan fingerprint density at radius 2 is 1.96 bits per heavy atom. The highest BCUT2D eigenvalue weighted by Gasteiger charge is 2.16. The van der Waals surface area contributed by atoms with E-state index in [1.165, 1.54) is 0 Å². The quantitative estimate of drug-likeness (QED) is 0.724. The van der Waals surface area contributed by atoms with Crippen molar-refractivity contribution in [3.05, 3.63) is 24.3 Å². The van der Waals surface area contributed by atoms with Crippen molar-refractivity contribution in [2.24, 2.45) is 0 Å². The third kappa shape index (κ3) is 6.02. The summed E-state index contributed by atoms with van der Waals surface area (Å²) >= 11 is 0. The maximum Gasteiger partial charge on any atom is 0.260 e. The van der Waals surface area contributed by atoms with Gasteiger partial charge >= 0.3 is 0 Å². The molecule has 1 aliphatic heterocycles. The van der Waals surface area contributed by atoms with Crippen molar-refractivity contribution in [1.29, 1.82) is 0 Å². The van der Waals surface area contributed by atoms with Crippen molar-refractivity contribution in [3.63, 3.8) is 0 Å². The number of carbonyl (C=O) groups excluding carboxylic acids is 1. The highest BCUT2D eigenvalue weighted by molar-refractivity contribution is 5.80. The molecule has 1 aliphatic rings. The Balaban J connectivity index is 1.64. The summed E-state index contributed by atoms with van der Waals surface area (Å²) in [6.07, 6.45) is 0.433. The van der Waals surface area contributed by atoms with Gasteiger partial charge in [-0.15, -0.1) is 0 Å². The summed E-state index contributed by atoms with van der Waals surface area (Å²) in [5.74, 6) is 1.26. The highest BCUT2D eigenvalue weighted by Crippen LogP contribution is 2.19. The number of methoxy groups -OCH3 is 1. The van der Waals surface area contributed by atoms with Crippen LogP contribution >= 0.6 is 0 Å². The number of benzene rings is 1. The third-order valence-electron chi connectivity index (χ3n) is 4.27. The lowest BCUT2D eigenvalue weighted by atomic mass is 10.3. The normalized spacial score (nSPS) is 17.3. The van der Waals surface area contributed by atoms with E-state index in [0.29, 0.717) is 18.0 Å². The maximum absolute atomic E-state index is 12.1. The van der Waals surface area contributed by atoms with Crippen LogP contribution in [0.4, 0.5) is 0 Å². The maximum atomic E-state index is 12.1. The summed E-state index contributed by atoms with van der Waals surface area (Å²) in [6, 6.07) is 7.28. The van der Waals surface area contributed by atoms with Crippen molar-refractivity contribution in [2.75, 3.05) is 53.4 Å². The van der Waals surface area contributed by atoms with Crippen molar-refractivity contribution in [3.8, 4) is 11.5 Å². The molecule has 1 atom stereocenters. The zero-order chi connectivity index (χ0) is 17.4. The Kier molecular flexibility index (Phi) is 7.34. The van der Waals surface area contributed by atoms with E-state index in [0.717, 1.165) is 39.1 Å². The number of nitrogens with one attached hydrogen (secondary N) is 1. The second-order valence-electron chi connectivity index (χ2n) is 6.23. The fourth-order valence-corrected chi connectivity index (χ4v) is 2.66. The van der Waals surface area contributed by atoms with Gasteiger partial charge in [-0.25, -0.2) is 0 Å². The van der Waals surface area contributed by atoms with Gasteiger partial charge in [-0.1, -0.05) is 6.07 Å². The molecule has 0 aliphatic carbocycles. The van der Waals surface area contributed by atoms with Gasteiger partial charge in [-0.3, -0.25) is 4.79 Å². The van der Waals surface area contributed by atoms with Crippen LogP contribution in [-0.4, -0.2) is 75.2 Å². The molecule has 0 unspecified atom stereocenters. The predicted molar refractivity (Wildman–Crippen MR) is 94.6 cm³/mol. The van der Waals surface area contributed by atoms with Crippen molar-refractivity contribution >= 4 is 5.91 Å². The van der Waals surface area contributed by atoms with Crippen LogP contribution in [0, 0.1) is 0 Å². The molecule has 24 heavy (non-hydrogen) atoms. The molecule has 0 radical (unpaired) electrons. The van der Waals surface area contributed by atoms with Crippen LogP contribution in [0.3, 0.4) is 0 Å². The summed E-state index contributed by atoms with van der Waals surface area (Å²) in [5.41, 5.74) is 0. The number of hydrogen-bond acceptors (Lipinski definition) is 5. The first-order chi connectivity index (χ1) is 11.6. The molecule has 1 aromatic rings. The summed E-state index contributed by atoms with van der Waals surface area (Å²) in [5, 5.41) is 2.95. The molecule has 134 valence electrons. The van der Waals surface area contributed by atoms with E-state index in [9.17, 15) is 4.79 Å². The Morgan fingerprint density at radius 3 is 2.67 bits per heavy atom. The lowest BCUT2D eigenvalue weighted by Gasteiger charge is -2.32. The Morgan fingerprint density at radius 1 is 1.25 bits per heavy atom. The van der Waals surface area contributed by atoms with Gasteiger partial charge in [0.25, 0.3) is 5.91 Å². The number of nitrogens with zero attached hydrogens (tertiary/aromatic N) is 2. The molecular weight excluding hydrogens is 306 g/mol. The van der Waals surface area contributed by atoms with Gasteiger partial charge in [-0.05, 0) is 39.1 Å². The van der Waals surface area contributed by atoms with Crippen LogP contribution in [0.15, 0.2) is 24.3 Å². The zero-order valence-corrected chi connectivity index (χ0v) is 15.0. The largest absolute Gasteiger partial charge is 0.497 e. The van der Waals surface area contributed by atoms with Crippen molar-refractivity contribution < 1.29 is 14.3 Å². The van der Waals surface area contributed by atoms with Gasteiger partial charge < -0.3 is 24.6 Å². The van der Waals surface area contributed by atoms with Gasteiger partial charge in [0.1, 0.15) is 11.5 Å². The second-order valence-corrected chi connectivity index (χ2v) is 6.23. The SMILES string of the molecule is COc1cccc(O[C@@H](C)C(=O)NCCCN2CCN(C)CC2)c1. The van der Waals surface area contributed by atoms with Crippen LogP contribution < -0.4 is 14.8 Å². The Hall–Kier alpha value is -1.79. The topological polar surface area (TPSA) is 54.0 Å². The number of piperazine rings is 1. The lowest BCUT2D eigenvalue weighted by molar-refractivity contribution is -0.127. The first-order valence-corrected chi connectivity index (χ1v) is 8.58. The number of amides is 1. The monoisotopic (exact) mass is 335 g/mol. The van der Waals surface area contributed by atoms with Gasteiger partial charge in [-0.2, -0.15) is 0 Å². The van der Waals surface area contributed by atoms with Crippen LogP contribution in [0.25, 0.3) is 0 Å². The van der Waals surface area contributed by atoms with E-state index in [2.05, 4.69) is 22.2 Å². The second kappa shape index (κ2) is 9.49. The van der Waals surface area contributed by atoms with E-state index in [-0.39, 0.29) is 5.91 Å². The lowest BCUT2D eigenvalue weighted by Crippen LogP contribution is -2.45. The average molecular weight is 335 g/mol. The number of ether oxygens (including phenoxy) is 2. The smallest absolute Gasteiger partial charge is 0.260 e. The Labute approximate surface area is 144 Å². The third-order valence-corrected chi connectivity index (χ3v) is 4.27. The molecule has 1 saturated heterocycles. The first kappa shape index (κ1) is 18.5. The van der Waals surface area contributed by atoms with Crippen molar-refractivity contribution in [1.82, 2.24) is 15.1 Å². The van der Waals surface area contributed by atoms with Gasteiger partial charge in [0.2, 0.25) is 0 Å². The molecule has 0 saturated carbocycles. The van der Waals surface area contributed by atoms with Gasteiger partial charge in [0, 0.05) is 38.8 Å². The van der Waals surface area contributed by atoms with E-state index in [4.69, 9.17) is 9.47 Å². The molecule has 2 rings (SSSR count). The van der Waals surface area contributed by atoms with Crippen molar-refractivity contribution in [2.45, 2.75) is 19.4 Å². The van der Waals surface area contributed by atoms with Crippen LogP contribution in [0.2, 0.25) is 0 Å². The summed E-state index contributed by atoms with van der Waals surface area (Å²) < 4.78 is 10.8. The average Bonchev–Trinajstić information content (AvgIpc) is 2.60. The predicted octanol–water partition coefficient (Wildman–Crippen LogP) is 1.22. The number of rotatable bonds is 8. The molecule has 1 amide bonds. The summed E-state index contributed by atoms with van der Waals surface area (Å²) in [6.45, 7) is 7.93. The molecule has 6 nitrogen and oxygen atoms in total. The van der Waals surface area contributed by atoms with E-state index in [1.807, 2.05) is 18.2 Å². The van der Waals surface area contributed by atoms with E-state index < -0.39 is 6.10 Å². The molecule has 0 aromatic heterocycles. The molecule has 0 bridgehead atoms. The van der Waals surface area contributed by atoms with Gasteiger partial charge in [0.15, 0.2) is 6.10 Å². The molecule has 1 fully saturated rings. The van der Waals surface area contributed by atoms with E-state index >= 15 is 0 Å². The first-order valence-electron chi connectivity index (χ1n) is 8.58. The molecule has 6 heteroatoms. The zero-order valence-electron chi connectivity index (χ0n) is 15.0. The summed E-state index contributed by atoms with van der Waals surface area (Å²) in [7, 11) is 3.76. The minimum atomic E-state index is -0.527. The fraction of sp³-hybridized carbons (Fsp3) is 0.611. The van der Waals surface area contributed by atoms with Crippen LogP contribution in [0.5, 0.6) is 11.5 Å². The van der Waals surface area contributed by atoms with Crippen LogP contribution in [-0.2, 0) is 4.79 Å². The minimum Gasteiger partial charge on any atom is -0.497 e. The molecular formula is C18H29N3O3. The molecule has 1 N–H and O–H groups in total. The summed E-state index contributed by atoms with van der Waals surface area (Å²) in [4.78, 5) is 16.9. The minimum absolute atomic E-state index is 0.0869. The Bertz CT molecular complexity index is 516. The number of likely N-dealkylation sites (N-methyl/N-ethyl adjacent to an activating group) is 1. The standard InChI is InChI=1S/C18H29N3O3/c1-15(24-17-7-4-6-16(14-17)23-3)18(22)19-8-5-9-21-12-10-20(2)11-13-21/h4,6-7,14-15H,5,8-13H2,1-3H3,(H,19,22)/t15-/m0/s1. The number of carbonyl (C=O) groups is 1. The molecule has 1 aromatic carbocycles. The van der Waals surface area contributed by atoms with Gasteiger partial charge in [0.05, 0.1) is 7.11 Å². The van der Waals surface area contributed by atoms with E-state index in [1.54, 1.807) is 20.1 Å².